The number of ketones is 1. The van der Waals surface area contributed by atoms with E-state index in [0.29, 0.717) is 64.8 Å². The minimum absolute atomic E-state index is 0.0146. The van der Waals surface area contributed by atoms with Crippen LogP contribution in [0.25, 0.3) is 0 Å². The average Bonchev–Trinajstić information content (AvgIpc) is 3.23. The SMILES string of the molecule is CC(OC(=O)C12CC3CC(C1)C(=O)C(C3)C2)C(C)(F)F.COCCOCCOCCOCCN1CCOCC1.c1ccc([S+](c2ccccc2)c2ccccc2)cc1. The van der Waals surface area contributed by atoms with Gasteiger partial charge in [-0.25, -0.2) is 8.78 Å². The van der Waals surface area contributed by atoms with Crippen LogP contribution in [0.2, 0.25) is 0 Å². The molecule has 0 spiro atoms. The molecule has 1 aliphatic heterocycles. The van der Waals surface area contributed by atoms with Gasteiger partial charge in [0, 0.05) is 45.5 Å². The van der Waals surface area contributed by atoms with Crippen LogP contribution < -0.4 is 0 Å². The van der Waals surface area contributed by atoms with Gasteiger partial charge >= 0.3 is 5.97 Å². The molecule has 58 heavy (non-hydrogen) atoms. The molecule has 0 aromatic heterocycles. The highest BCUT2D eigenvalue weighted by Crippen LogP contribution is 2.59. The van der Waals surface area contributed by atoms with Crippen molar-refractivity contribution >= 4 is 22.6 Å². The quantitative estimate of drug-likeness (QED) is 0.0725. The van der Waals surface area contributed by atoms with Crippen LogP contribution >= 0.6 is 0 Å². The molecule has 0 N–H and O–H groups in total. The number of halogens is 2. The van der Waals surface area contributed by atoms with Gasteiger partial charge in [-0.2, -0.15) is 0 Å². The van der Waals surface area contributed by atoms with E-state index in [9.17, 15) is 18.4 Å². The van der Waals surface area contributed by atoms with E-state index < -0.39 is 23.4 Å². The molecule has 1 saturated heterocycles. The van der Waals surface area contributed by atoms with E-state index in [2.05, 4.69) is 95.9 Å². The maximum Gasteiger partial charge on any atom is 0.312 e. The number of carbonyl (C=O) groups excluding carboxylic acids is 2. The van der Waals surface area contributed by atoms with Crippen LogP contribution in [0, 0.1) is 23.2 Å². The summed E-state index contributed by atoms with van der Waals surface area (Å²) in [6.45, 7) is 11.2. The number of alkyl halides is 2. The highest BCUT2D eigenvalue weighted by molar-refractivity contribution is 7.97. The molecule has 318 valence electrons. The Morgan fingerprint density at radius 3 is 1.66 bits per heavy atom. The van der Waals surface area contributed by atoms with Crippen molar-refractivity contribution in [2.24, 2.45) is 23.2 Å². The van der Waals surface area contributed by atoms with E-state index in [1.165, 1.54) is 21.6 Å². The standard InChI is InChI=1S/C18H15S.C15H20F2O3.C13H27NO5/c1-4-10-16(11-5-1)19(17-12-6-2-7-13-17)18-14-8-3-9-15-18;1-8(14(2,16)17)20-13(19)15-5-9-3-10(6-15)12(18)11(4-9)7-15;1-15-8-9-18-12-13-19-11-10-17-7-4-14-2-5-16-6-3-14/h1-15H;8-11H,3-7H2,1-2H3;2-13H2,1H3/q+1;;. The Morgan fingerprint density at radius 1 is 0.759 bits per heavy atom. The van der Waals surface area contributed by atoms with Gasteiger partial charge in [0.15, 0.2) is 20.8 Å². The molecule has 5 fully saturated rings. The summed E-state index contributed by atoms with van der Waals surface area (Å²) in [7, 11) is 1.65. The Morgan fingerprint density at radius 2 is 1.21 bits per heavy atom. The Balaban J connectivity index is 0.000000166. The Bertz CT molecular complexity index is 1510. The molecule has 3 aromatic rings. The van der Waals surface area contributed by atoms with Crippen molar-refractivity contribution in [1.82, 2.24) is 4.90 Å². The van der Waals surface area contributed by atoms with E-state index in [-0.39, 0.29) is 28.5 Å². The second kappa shape index (κ2) is 23.5. The molecular weight excluding hydrogens is 765 g/mol. The third kappa shape index (κ3) is 13.9. The molecule has 4 bridgehead atoms. The number of rotatable bonds is 18. The summed E-state index contributed by atoms with van der Waals surface area (Å²) >= 11 is 0. The van der Waals surface area contributed by atoms with Gasteiger partial charge in [-0.1, -0.05) is 54.6 Å². The molecular formula is C46H62F2NO8S+. The lowest BCUT2D eigenvalue weighted by Gasteiger charge is -2.54. The monoisotopic (exact) mass is 826 g/mol. The molecule has 1 heterocycles. The van der Waals surface area contributed by atoms with E-state index in [0.717, 1.165) is 59.2 Å². The summed E-state index contributed by atoms with van der Waals surface area (Å²) in [5.74, 6) is -2.99. The molecule has 4 saturated carbocycles. The average molecular weight is 827 g/mol. The van der Waals surface area contributed by atoms with Crippen LogP contribution in [-0.4, -0.2) is 115 Å². The predicted octanol–water partition coefficient (Wildman–Crippen LogP) is 7.77. The molecule has 5 aliphatic rings. The van der Waals surface area contributed by atoms with E-state index in [1.54, 1.807) is 7.11 Å². The zero-order chi connectivity index (χ0) is 41.2. The summed E-state index contributed by atoms with van der Waals surface area (Å²) < 4.78 is 57.7. The summed E-state index contributed by atoms with van der Waals surface area (Å²) in [4.78, 5) is 30.9. The number of Topliss-reactive ketones (excluding diaryl/α,β-unsaturated/α-hetero) is 1. The molecule has 9 nitrogen and oxygen atoms in total. The molecule has 0 amide bonds. The molecule has 3 unspecified atom stereocenters. The van der Waals surface area contributed by atoms with Gasteiger partial charge < -0.3 is 28.4 Å². The Kier molecular flexibility index (Phi) is 18.6. The number of esters is 1. The topological polar surface area (TPSA) is 92.8 Å². The van der Waals surface area contributed by atoms with Gasteiger partial charge in [-0.3, -0.25) is 14.5 Å². The lowest BCUT2D eigenvalue weighted by Crippen LogP contribution is -2.55. The number of nitrogens with zero attached hydrogens (tertiary/aromatic N) is 1. The summed E-state index contributed by atoms with van der Waals surface area (Å²) in [6.07, 6.45) is 2.01. The van der Waals surface area contributed by atoms with Crippen molar-refractivity contribution in [3.63, 3.8) is 0 Å². The van der Waals surface area contributed by atoms with Crippen molar-refractivity contribution in [2.45, 2.75) is 72.7 Å². The fourth-order valence-corrected chi connectivity index (χ4v) is 10.3. The molecule has 8 rings (SSSR count). The molecule has 4 aliphatic carbocycles. The number of benzene rings is 3. The van der Waals surface area contributed by atoms with Gasteiger partial charge in [0.05, 0.1) is 75.8 Å². The molecule has 3 atom stereocenters. The first-order valence-electron chi connectivity index (χ1n) is 20.6. The summed E-state index contributed by atoms with van der Waals surface area (Å²) in [6, 6.07) is 32.2. The maximum atomic E-state index is 13.2. The van der Waals surface area contributed by atoms with Gasteiger partial charge in [0.2, 0.25) is 0 Å². The smallest absolute Gasteiger partial charge is 0.312 e. The third-order valence-corrected chi connectivity index (χ3v) is 13.4. The van der Waals surface area contributed by atoms with Gasteiger partial charge in [-0.15, -0.1) is 0 Å². The van der Waals surface area contributed by atoms with E-state index >= 15 is 0 Å². The molecule has 12 heteroatoms. The lowest BCUT2D eigenvalue weighted by atomic mass is 9.49. The van der Waals surface area contributed by atoms with Crippen molar-refractivity contribution in [1.29, 1.82) is 0 Å². The van der Waals surface area contributed by atoms with Crippen LogP contribution in [0.1, 0.15) is 46.0 Å². The largest absolute Gasteiger partial charge is 0.456 e. The maximum absolute atomic E-state index is 13.2. The third-order valence-electron chi connectivity index (χ3n) is 11.2. The van der Waals surface area contributed by atoms with Crippen molar-refractivity contribution in [3.05, 3.63) is 91.0 Å². The zero-order valence-electron chi connectivity index (χ0n) is 34.4. The van der Waals surface area contributed by atoms with Crippen LogP contribution in [0.5, 0.6) is 0 Å². The van der Waals surface area contributed by atoms with Crippen LogP contribution in [0.3, 0.4) is 0 Å². The first kappa shape index (κ1) is 45.8. The summed E-state index contributed by atoms with van der Waals surface area (Å²) in [5.41, 5.74) is -0.677. The number of methoxy groups -OCH3 is 1. The van der Waals surface area contributed by atoms with Crippen LogP contribution in [-0.2, 0) is 48.9 Å². The Labute approximate surface area is 346 Å². The van der Waals surface area contributed by atoms with Gasteiger partial charge in [-0.05, 0) is 81.3 Å². The predicted molar refractivity (Wildman–Crippen MR) is 220 cm³/mol. The number of ether oxygens (including phenoxy) is 6. The highest BCUT2D eigenvalue weighted by Gasteiger charge is 2.59. The fraction of sp³-hybridized carbons (Fsp3) is 0.565. The first-order chi connectivity index (χ1) is 28.1. The van der Waals surface area contributed by atoms with Crippen molar-refractivity contribution in [3.8, 4) is 0 Å². The number of morpholine rings is 1. The minimum Gasteiger partial charge on any atom is -0.456 e. The fourth-order valence-electron chi connectivity index (χ4n) is 8.17. The zero-order valence-corrected chi connectivity index (χ0v) is 35.2. The number of hydrogen-bond acceptors (Lipinski definition) is 9. The van der Waals surface area contributed by atoms with E-state index in [1.807, 2.05) is 0 Å². The van der Waals surface area contributed by atoms with E-state index in [4.69, 9.17) is 28.4 Å². The van der Waals surface area contributed by atoms with Gasteiger partial charge in [0.25, 0.3) is 5.92 Å². The van der Waals surface area contributed by atoms with Crippen molar-refractivity contribution < 1.29 is 46.8 Å². The van der Waals surface area contributed by atoms with Crippen LogP contribution in [0.15, 0.2) is 106 Å². The normalized spacial score (nSPS) is 23.1. The van der Waals surface area contributed by atoms with Crippen LogP contribution in [0.4, 0.5) is 8.78 Å². The number of hydrogen-bond donors (Lipinski definition) is 0. The second-order valence-electron chi connectivity index (χ2n) is 15.6. The summed E-state index contributed by atoms with van der Waals surface area (Å²) in [5, 5.41) is 0. The molecule has 3 aromatic carbocycles. The Hall–Kier alpha value is -3.23. The van der Waals surface area contributed by atoms with Crippen molar-refractivity contribution in [2.75, 3.05) is 86.2 Å². The lowest BCUT2D eigenvalue weighted by molar-refractivity contribution is -0.192. The van der Waals surface area contributed by atoms with Gasteiger partial charge in [0.1, 0.15) is 5.78 Å². The first-order valence-corrected chi connectivity index (χ1v) is 21.9. The second-order valence-corrected chi connectivity index (χ2v) is 17.6. The number of carbonyl (C=O) groups is 2. The molecule has 0 radical (unpaired) electrons. The highest BCUT2D eigenvalue weighted by atomic mass is 32.2. The minimum atomic E-state index is -3.03.